The van der Waals surface area contributed by atoms with Gasteiger partial charge >= 0.3 is 0 Å². The van der Waals surface area contributed by atoms with Crippen LogP contribution >= 0.6 is 0 Å². The van der Waals surface area contributed by atoms with E-state index in [4.69, 9.17) is 4.52 Å². The van der Waals surface area contributed by atoms with E-state index in [1.54, 1.807) is 6.26 Å². The molecule has 0 aliphatic carbocycles. The Morgan fingerprint density at radius 3 is 2.70 bits per heavy atom. The van der Waals surface area contributed by atoms with Gasteiger partial charge in [-0.05, 0) is 19.3 Å². The molecule has 0 radical (unpaired) electrons. The standard InChI is InChI=1S/C8H13NO/c1-6(2)4-8-5-10-9-7(8)3/h5-6H,4H2,1-3H3. The molecule has 10 heavy (non-hydrogen) atoms. The lowest BCUT2D eigenvalue weighted by atomic mass is 10.0. The lowest BCUT2D eigenvalue weighted by Crippen LogP contribution is -1.93. The third-order valence-electron chi connectivity index (χ3n) is 1.48. The molecule has 0 saturated carbocycles. The molecular weight excluding hydrogens is 126 g/mol. The molecular formula is C8H13NO. The molecule has 0 saturated heterocycles. The maximum atomic E-state index is 4.80. The number of hydrogen-bond donors (Lipinski definition) is 0. The van der Waals surface area contributed by atoms with Gasteiger partial charge in [-0.15, -0.1) is 0 Å². The van der Waals surface area contributed by atoms with Crippen LogP contribution in [0.3, 0.4) is 0 Å². The Labute approximate surface area is 61.2 Å². The summed E-state index contributed by atoms with van der Waals surface area (Å²) in [5.41, 5.74) is 2.25. The van der Waals surface area contributed by atoms with E-state index < -0.39 is 0 Å². The minimum atomic E-state index is 0.679. The SMILES string of the molecule is Cc1nocc1CC(C)C. The predicted octanol–water partition coefficient (Wildman–Crippen LogP) is 2.18. The molecule has 2 nitrogen and oxygen atoms in total. The van der Waals surface area contributed by atoms with Crippen LogP contribution in [0, 0.1) is 12.8 Å². The predicted molar refractivity (Wildman–Crippen MR) is 39.8 cm³/mol. The zero-order valence-electron chi connectivity index (χ0n) is 6.72. The van der Waals surface area contributed by atoms with Crippen LogP contribution in [0.4, 0.5) is 0 Å². The summed E-state index contributed by atoms with van der Waals surface area (Å²) in [6, 6.07) is 0. The van der Waals surface area contributed by atoms with Crippen molar-refractivity contribution in [1.29, 1.82) is 0 Å². The Morgan fingerprint density at radius 1 is 1.60 bits per heavy atom. The second kappa shape index (κ2) is 2.86. The van der Waals surface area contributed by atoms with Crippen LogP contribution in [0.2, 0.25) is 0 Å². The molecule has 0 atom stereocenters. The van der Waals surface area contributed by atoms with Crippen LogP contribution in [-0.4, -0.2) is 5.16 Å². The molecule has 1 aromatic heterocycles. The van der Waals surface area contributed by atoms with Crippen molar-refractivity contribution in [1.82, 2.24) is 5.16 Å². The Balaban J connectivity index is 2.65. The summed E-state index contributed by atoms with van der Waals surface area (Å²) < 4.78 is 4.80. The topological polar surface area (TPSA) is 26.0 Å². The Morgan fingerprint density at radius 2 is 2.30 bits per heavy atom. The van der Waals surface area contributed by atoms with E-state index in [1.165, 1.54) is 5.56 Å². The van der Waals surface area contributed by atoms with Crippen molar-refractivity contribution in [2.24, 2.45) is 5.92 Å². The van der Waals surface area contributed by atoms with E-state index >= 15 is 0 Å². The second-order valence-electron chi connectivity index (χ2n) is 3.02. The van der Waals surface area contributed by atoms with Crippen LogP contribution in [0.15, 0.2) is 10.8 Å². The molecule has 0 aromatic carbocycles. The van der Waals surface area contributed by atoms with Crippen molar-refractivity contribution >= 4 is 0 Å². The van der Waals surface area contributed by atoms with Gasteiger partial charge in [-0.1, -0.05) is 19.0 Å². The molecule has 1 rings (SSSR count). The number of hydrogen-bond acceptors (Lipinski definition) is 2. The van der Waals surface area contributed by atoms with Crippen molar-refractivity contribution in [3.63, 3.8) is 0 Å². The lowest BCUT2D eigenvalue weighted by molar-refractivity contribution is 0.414. The molecule has 0 spiro atoms. The van der Waals surface area contributed by atoms with Crippen molar-refractivity contribution < 1.29 is 4.52 Å². The monoisotopic (exact) mass is 139 g/mol. The molecule has 0 amide bonds. The first-order valence-electron chi connectivity index (χ1n) is 3.60. The quantitative estimate of drug-likeness (QED) is 0.627. The smallest absolute Gasteiger partial charge is 0.127 e. The lowest BCUT2D eigenvalue weighted by Gasteiger charge is -1.99. The summed E-state index contributed by atoms with van der Waals surface area (Å²) in [6.07, 6.45) is 2.80. The fourth-order valence-corrected chi connectivity index (χ4v) is 0.949. The summed E-state index contributed by atoms with van der Waals surface area (Å²) in [7, 11) is 0. The van der Waals surface area contributed by atoms with Crippen LogP contribution < -0.4 is 0 Å². The average Bonchev–Trinajstić information content (AvgIpc) is 2.15. The fraction of sp³-hybridized carbons (Fsp3) is 0.625. The first-order valence-corrected chi connectivity index (χ1v) is 3.60. The highest BCUT2D eigenvalue weighted by Gasteiger charge is 2.03. The molecule has 0 unspecified atom stereocenters. The zero-order valence-corrected chi connectivity index (χ0v) is 6.72. The van der Waals surface area contributed by atoms with Gasteiger partial charge in [0.05, 0.1) is 5.69 Å². The van der Waals surface area contributed by atoms with Gasteiger partial charge in [0.25, 0.3) is 0 Å². The van der Waals surface area contributed by atoms with Crippen LogP contribution in [0.25, 0.3) is 0 Å². The molecule has 56 valence electrons. The van der Waals surface area contributed by atoms with E-state index in [9.17, 15) is 0 Å². The minimum absolute atomic E-state index is 0.679. The van der Waals surface area contributed by atoms with Gasteiger partial charge < -0.3 is 4.52 Å². The van der Waals surface area contributed by atoms with Gasteiger partial charge in [-0.2, -0.15) is 0 Å². The highest BCUT2D eigenvalue weighted by atomic mass is 16.5. The Hall–Kier alpha value is -0.790. The molecule has 1 heterocycles. The number of nitrogens with zero attached hydrogens (tertiary/aromatic N) is 1. The average molecular weight is 139 g/mol. The van der Waals surface area contributed by atoms with Crippen LogP contribution in [0.1, 0.15) is 25.1 Å². The molecule has 0 N–H and O–H groups in total. The van der Waals surface area contributed by atoms with E-state index in [1.807, 2.05) is 6.92 Å². The normalized spacial score (nSPS) is 10.8. The molecule has 2 heteroatoms. The highest BCUT2D eigenvalue weighted by molar-refractivity contribution is 5.12. The van der Waals surface area contributed by atoms with Crippen LogP contribution in [0.5, 0.6) is 0 Å². The molecule has 0 aliphatic rings. The van der Waals surface area contributed by atoms with Crippen molar-refractivity contribution in [2.75, 3.05) is 0 Å². The van der Waals surface area contributed by atoms with Gasteiger partial charge in [0.1, 0.15) is 6.26 Å². The largest absolute Gasteiger partial charge is 0.364 e. The summed E-state index contributed by atoms with van der Waals surface area (Å²) in [6.45, 7) is 6.35. The van der Waals surface area contributed by atoms with Gasteiger partial charge in [-0.3, -0.25) is 0 Å². The van der Waals surface area contributed by atoms with Gasteiger partial charge in [0.15, 0.2) is 0 Å². The zero-order chi connectivity index (χ0) is 7.56. The van der Waals surface area contributed by atoms with E-state index in [-0.39, 0.29) is 0 Å². The molecule has 0 aliphatic heterocycles. The third kappa shape index (κ3) is 1.59. The van der Waals surface area contributed by atoms with Gasteiger partial charge in [0.2, 0.25) is 0 Å². The van der Waals surface area contributed by atoms with Crippen molar-refractivity contribution in [3.05, 3.63) is 17.5 Å². The highest BCUT2D eigenvalue weighted by Crippen LogP contribution is 2.10. The molecule has 0 fully saturated rings. The summed E-state index contributed by atoms with van der Waals surface area (Å²) in [5.74, 6) is 0.679. The van der Waals surface area contributed by atoms with Crippen LogP contribution in [-0.2, 0) is 6.42 Å². The van der Waals surface area contributed by atoms with Gasteiger partial charge in [0, 0.05) is 5.56 Å². The fourth-order valence-electron chi connectivity index (χ4n) is 0.949. The second-order valence-corrected chi connectivity index (χ2v) is 3.02. The van der Waals surface area contributed by atoms with E-state index in [0.29, 0.717) is 5.92 Å². The number of aromatic nitrogens is 1. The Kier molecular flexibility index (Phi) is 2.10. The minimum Gasteiger partial charge on any atom is -0.364 e. The summed E-state index contributed by atoms with van der Waals surface area (Å²) in [4.78, 5) is 0. The maximum Gasteiger partial charge on any atom is 0.127 e. The number of rotatable bonds is 2. The van der Waals surface area contributed by atoms with E-state index in [0.717, 1.165) is 12.1 Å². The Bertz CT molecular complexity index is 203. The van der Waals surface area contributed by atoms with Gasteiger partial charge in [-0.25, -0.2) is 0 Å². The molecule has 0 bridgehead atoms. The summed E-state index contributed by atoms with van der Waals surface area (Å²) >= 11 is 0. The van der Waals surface area contributed by atoms with Crippen molar-refractivity contribution in [2.45, 2.75) is 27.2 Å². The first kappa shape index (κ1) is 7.32. The third-order valence-corrected chi connectivity index (χ3v) is 1.48. The summed E-state index contributed by atoms with van der Waals surface area (Å²) in [5, 5.41) is 3.79. The molecule has 1 aromatic rings. The first-order chi connectivity index (χ1) is 4.70. The maximum absolute atomic E-state index is 4.80. The number of aryl methyl sites for hydroxylation is 1. The van der Waals surface area contributed by atoms with E-state index in [2.05, 4.69) is 19.0 Å². The van der Waals surface area contributed by atoms with Crippen molar-refractivity contribution in [3.8, 4) is 0 Å².